The molecule has 2 aromatic rings. The van der Waals surface area contributed by atoms with Gasteiger partial charge in [0.1, 0.15) is 12.7 Å². The number of halogens is 5. The van der Waals surface area contributed by atoms with E-state index >= 15 is 0 Å². The first kappa shape index (κ1) is 14.4. The quantitative estimate of drug-likeness (QED) is 0.496. The Balaban J connectivity index is 2.25. The zero-order chi connectivity index (χ0) is 14.8. The van der Waals surface area contributed by atoms with E-state index in [1.165, 1.54) is 29.6 Å². The van der Waals surface area contributed by atoms with E-state index in [1.807, 2.05) is 0 Å². The fraction of sp³-hybridized carbons (Fsp3) is 0.111. The van der Waals surface area contributed by atoms with Crippen LogP contribution < -0.4 is 0 Å². The van der Waals surface area contributed by atoms with Crippen molar-refractivity contribution in [2.45, 2.75) is 11.3 Å². The van der Waals surface area contributed by atoms with E-state index in [-0.39, 0.29) is 17.6 Å². The van der Waals surface area contributed by atoms with Crippen LogP contribution in [0.15, 0.2) is 41.1 Å². The molecule has 0 aliphatic carbocycles. The summed E-state index contributed by atoms with van der Waals surface area (Å²) in [4.78, 5) is 10.9. The second-order valence-corrected chi connectivity index (χ2v) is 4.15. The lowest BCUT2D eigenvalue weighted by Crippen LogP contribution is -2.09. The van der Waals surface area contributed by atoms with Crippen LogP contribution >= 0.6 is 11.8 Å². The normalized spacial score (nSPS) is 13.2. The molecule has 2 rings (SSSR count). The van der Waals surface area contributed by atoms with E-state index in [9.17, 15) is 22.0 Å². The Hall–Kier alpha value is -2.04. The molecule has 11 heteroatoms. The molecule has 0 aliphatic rings. The molecular formula is C9H4F5N5S. The Bertz CT molecular complexity index is 624. The molecule has 0 fully saturated rings. The molecule has 0 saturated carbocycles. The standard InChI is InChI=1S/C9H4F5N5S/c10-6(9(12,13)14)7(11)20-8-16-2-1-5(18-8)19-4-15-3-17-19/h1-4H. The van der Waals surface area contributed by atoms with E-state index in [2.05, 4.69) is 20.1 Å². The first-order valence-electron chi connectivity index (χ1n) is 4.86. The third-order valence-electron chi connectivity index (χ3n) is 1.87. The fourth-order valence-electron chi connectivity index (χ4n) is 1.07. The minimum absolute atomic E-state index is 0.153. The average molecular weight is 309 g/mol. The van der Waals surface area contributed by atoms with Crippen molar-refractivity contribution in [3.8, 4) is 5.82 Å². The molecule has 0 saturated heterocycles. The summed E-state index contributed by atoms with van der Waals surface area (Å²) < 4.78 is 62.8. The predicted molar refractivity (Wildman–Crippen MR) is 58.1 cm³/mol. The third-order valence-corrected chi connectivity index (χ3v) is 2.61. The zero-order valence-electron chi connectivity index (χ0n) is 9.34. The van der Waals surface area contributed by atoms with Crippen LogP contribution in [-0.4, -0.2) is 30.9 Å². The lowest BCUT2D eigenvalue weighted by molar-refractivity contribution is -0.110. The van der Waals surface area contributed by atoms with Crippen molar-refractivity contribution in [3.05, 3.63) is 35.9 Å². The van der Waals surface area contributed by atoms with E-state index in [1.54, 1.807) is 0 Å². The Labute approximate surface area is 112 Å². The molecule has 0 aliphatic heterocycles. The number of nitrogens with zero attached hydrogens (tertiary/aromatic N) is 5. The van der Waals surface area contributed by atoms with Gasteiger partial charge in [0.05, 0.1) is 0 Å². The van der Waals surface area contributed by atoms with Crippen molar-refractivity contribution >= 4 is 11.8 Å². The van der Waals surface area contributed by atoms with Crippen molar-refractivity contribution in [3.63, 3.8) is 0 Å². The molecular weight excluding hydrogens is 305 g/mol. The molecule has 0 unspecified atom stereocenters. The van der Waals surface area contributed by atoms with Gasteiger partial charge in [-0.25, -0.2) is 19.6 Å². The SMILES string of the molecule is FC(Sc1nccc(-n2cncn2)n1)=C(F)C(F)(F)F. The Kier molecular flexibility index (Phi) is 3.97. The maximum absolute atomic E-state index is 13.1. The van der Waals surface area contributed by atoms with Crippen LogP contribution in [0.1, 0.15) is 0 Å². The van der Waals surface area contributed by atoms with E-state index in [0.29, 0.717) is 0 Å². The maximum Gasteiger partial charge on any atom is 0.446 e. The summed E-state index contributed by atoms with van der Waals surface area (Å²) >= 11 is -0.176. The average Bonchev–Trinajstić information content (AvgIpc) is 2.91. The Morgan fingerprint density at radius 2 is 2.00 bits per heavy atom. The summed E-state index contributed by atoms with van der Waals surface area (Å²) in [6.45, 7) is 0. The number of allylic oxidation sites excluding steroid dienone is 1. The van der Waals surface area contributed by atoms with Gasteiger partial charge in [0.15, 0.2) is 11.0 Å². The van der Waals surface area contributed by atoms with Crippen molar-refractivity contribution in [2.24, 2.45) is 0 Å². The molecule has 5 nitrogen and oxygen atoms in total. The molecule has 0 amide bonds. The second-order valence-electron chi connectivity index (χ2n) is 3.22. The number of alkyl halides is 3. The number of hydrogen-bond donors (Lipinski definition) is 0. The third kappa shape index (κ3) is 3.29. The lowest BCUT2D eigenvalue weighted by atomic mass is 10.6. The molecule has 0 aromatic carbocycles. The van der Waals surface area contributed by atoms with Crippen LogP contribution in [-0.2, 0) is 0 Å². The first-order chi connectivity index (χ1) is 9.38. The van der Waals surface area contributed by atoms with Crippen LogP contribution in [0.3, 0.4) is 0 Å². The van der Waals surface area contributed by atoms with Gasteiger partial charge in [-0.05, 0) is 11.8 Å². The number of hydrogen-bond acceptors (Lipinski definition) is 5. The summed E-state index contributed by atoms with van der Waals surface area (Å²) in [5, 5.41) is 1.27. The highest BCUT2D eigenvalue weighted by molar-refractivity contribution is 8.02. The van der Waals surface area contributed by atoms with Gasteiger partial charge in [0, 0.05) is 12.3 Å². The highest BCUT2D eigenvalue weighted by atomic mass is 32.2. The van der Waals surface area contributed by atoms with Gasteiger partial charge in [-0.3, -0.25) is 0 Å². The molecule has 20 heavy (non-hydrogen) atoms. The maximum atomic E-state index is 13.1. The van der Waals surface area contributed by atoms with Gasteiger partial charge >= 0.3 is 6.18 Å². The molecule has 0 spiro atoms. The van der Waals surface area contributed by atoms with Crippen LogP contribution in [0.2, 0.25) is 0 Å². The van der Waals surface area contributed by atoms with Gasteiger partial charge in [0.2, 0.25) is 11.0 Å². The van der Waals surface area contributed by atoms with Gasteiger partial charge in [0.25, 0.3) is 0 Å². The van der Waals surface area contributed by atoms with Crippen LogP contribution in [0.5, 0.6) is 0 Å². The summed E-state index contributed by atoms with van der Waals surface area (Å²) in [5.74, 6) is -2.67. The zero-order valence-corrected chi connectivity index (χ0v) is 10.2. The van der Waals surface area contributed by atoms with Crippen molar-refractivity contribution in [2.75, 3.05) is 0 Å². The summed E-state index contributed by atoms with van der Waals surface area (Å²) in [6, 6.07) is 1.38. The molecule has 0 radical (unpaired) electrons. The largest absolute Gasteiger partial charge is 0.446 e. The monoisotopic (exact) mass is 309 g/mol. The fourth-order valence-corrected chi connectivity index (χ4v) is 1.69. The molecule has 2 aromatic heterocycles. The summed E-state index contributed by atoms with van der Waals surface area (Å²) in [6.07, 6.45) is -1.73. The highest BCUT2D eigenvalue weighted by Gasteiger charge is 2.38. The van der Waals surface area contributed by atoms with Crippen molar-refractivity contribution in [1.82, 2.24) is 24.7 Å². The van der Waals surface area contributed by atoms with Crippen molar-refractivity contribution in [1.29, 1.82) is 0 Å². The van der Waals surface area contributed by atoms with Crippen LogP contribution in [0.4, 0.5) is 22.0 Å². The lowest BCUT2D eigenvalue weighted by Gasteiger charge is -2.05. The second kappa shape index (κ2) is 5.53. The molecule has 2 heterocycles. The molecule has 106 valence electrons. The van der Waals surface area contributed by atoms with Gasteiger partial charge < -0.3 is 0 Å². The molecule has 0 atom stereocenters. The Morgan fingerprint density at radius 1 is 1.25 bits per heavy atom. The van der Waals surface area contributed by atoms with E-state index in [4.69, 9.17) is 0 Å². The van der Waals surface area contributed by atoms with Crippen LogP contribution in [0, 0.1) is 0 Å². The van der Waals surface area contributed by atoms with E-state index < -0.39 is 22.3 Å². The summed E-state index contributed by atoms with van der Waals surface area (Å²) in [7, 11) is 0. The molecule has 0 bridgehead atoms. The summed E-state index contributed by atoms with van der Waals surface area (Å²) in [5.41, 5.74) is 0. The smallest absolute Gasteiger partial charge is 0.231 e. The van der Waals surface area contributed by atoms with Gasteiger partial charge in [-0.1, -0.05) is 0 Å². The number of aromatic nitrogens is 5. The number of rotatable bonds is 3. The minimum atomic E-state index is -5.39. The van der Waals surface area contributed by atoms with Crippen molar-refractivity contribution < 1.29 is 22.0 Å². The Morgan fingerprint density at radius 3 is 2.60 bits per heavy atom. The minimum Gasteiger partial charge on any atom is -0.231 e. The topological polar surface area (TPSA) is 56.5 Å². The van der Waals surface area contributed by atoms with Crippen LogP contribution in [0.25, 0.3) is 5.82 Å². The highest BCUT2D eigenvalue weighted by Crippen LogP contribution is 2.36. The van der Waals surface area contributed by atoms with Gasteiger partial charge in [-0.2, -0.15) is 27.1 Å². The predicted octanol–water partition coefficient (Wildman–Crippen LogP) is 2.82. The first-order valence-corrected chi connectivity index (χ1v) is 5.68. The van der Waals surface area contributed by atoms with E-state index in [0.717, 1.165) is 0 Å². The number of thioether (sulfide) groups is 1. The van der Waals surface area contributed by atoms with Gasteiger partial charge in [-0.15, -0.1) is 0 Å². The molecule has 0 N–H and O–H groups in total.